The van der Waals surface area contributed by atoms with Crippen LogP contribution in [0.5, 0.6) is 0 Å². The van der Waals surface area contributed by atoms with Crippen LogP contribution in [0, 0.1) is 0 Å². The number of benzene rings is 2. The third-order valence-electron chi connectivity index (χ3n) is 5.28. The molecule has 0 saturated heterocycles. The van der Waals surface area contributed by atoms with Crippen LogP contribution in [0.1, 0.15) is 42.9 Å². The number of nitrogens with one attached hydrogen (secondary N) is 3. The van der Waals surface area contributed by atoms with Gasteiger partial charge in [-0.3, -0.25) is 4.79 Å². The van der Waals surface area contributed by atoms with Gasteiger partial charge in [-0.05, 0) is 36.6 Å². The summed E-state index contributed by atoms with van der Waals surface area (Å²) in [6, 6.07) is 14.0. The number of aromatic amines is 1. The molecule has 0 aliphatic heterocycles. The topological polar surface area (TPSA) is 74.0 Å². The number of carbonyl (C=O) groups is 1. The molecule has 1 aliphatic carbocycles. The number of rotatable bonds is 4. The highest BCUT2D eigenvalue weighted by Crippen LogP contribution is 2.23. The zero-order chi connectivity index (χ0) is 19.5. The minimum absolute atomic E-state index is 0.125. The molecule has 1 aliphatic rings. The van der Waals surface area contributed by atoms with Gasteiger partial charge in [0.25, 0.3) is 0 Å². The van der Waals surface area contributed by atoms with Crippen LogP contribution in [-0.2, 0) is 0 Å². The SMILES string of the molecule is O=C(NC1CCCC1)NC(c1ccccc1)c1c[nH]c2cc(Cl)ccc2c1=O. The van der Waals surface area contributed by atoms with E-state index in [9.17, 15) is 9.59 Å². The summed E-state index contributed by atoms with van der Waals surface area (Å²) >= 11 is 6.03. The third kappa shape index (κ3) is 3.90. The smallest absolute Gasteiger partial charge is 0.315 e. The first kappa shape index (κ1) is 18.6. The third-order valence-corrected chi connectivity index (χ3v) is 5.52. The molecule has 1 heterocycles. The van der Waals surface area contributed by atoms with E-state index in [1.54, 1.807) is 24.4 Å². The van der Waals surface area contributed by atoms with Gasteiger partial charge in [-0.15, -0.1) is 0 Å². The number of amides is 2. The van der Waals surface area contributed by atoms with Gasteiger partial charge < -0.3 is 15.6 Å². The Bertz CT molecular complexity index is 1040. The van der Waals surface area contributed by atoms with Crippen LogP contribution in [-0.4, -0.2) is 17.1 Å². The lowest BCUT2D eigenvalue weighted by atomic mass is 9.98. The summed E-state index contributed by atoms with van der Waals surface area (Å²) < 4.78 is 0. The maximum Gasteiger partial charge on any atom is 0.315 e. The second-order valence-electron chi connectivity index (χ2n) is 7.21. The number of pyridine rings is 1. The van der Waals surface area contributed by atoms with Gasteiger partial charge in [-0.1, -0.05) is 54.8 Å². The van der Waals surface area contributed by atoms with Crippen molar-refractivity contribution in [3.63, 3.8) is 0 Å². The molecule has 144 valence electrons. The number of halogens is 1. The van der Waals surface area contributed by atoms with E-state index in [0.717, 1.165) is 31.2 Å². The van der Waals surface area contributed by atoms with Crippen molar-refractivity contribution in [2.45, 2.75) is 37.8 Å². The first-order valence-electron chi connectivity index (χ1n) is 9.54. The Morgan fingerprint density at radius 3 is 2.61 bits per heavy atom. The molecule has 2 amide bonds. The van der Waals surface area contributed by atoms with Crippen LogP contribution < -0.4 is 16.1 Å². The Labute approximate surface area is 168 Å². The highest BCUT2D eigenvalue weighted by Gasteiger charge is 2.23. The predicted octanol–water partition coefficient (Wildman–Crippen LogP) is 4.51. The molecule has 0 bridgehead atoms. The van der Waals surface area contributed by atoms with E-state index in [2.05, 4.69) is 15.6 Å². The molecule has 3 N–H and O–H groups in total. The van der Waals surface area contributed by atoms with Gasteiger partial charge in [0.05, 0.1) is 11.6 Å². The number of fused-ring (bicyclic) bond motifs is 1. The lowest BCUT2D eigenvalue weighted by Gasteiger charge is -2.21. The highest BCUT2D eigenvalue weighted by atomic mass is 35.5. The normalized spacial score (nSPS) is 15.5. The van der Waals surface area contributed by atoms with Crippen molar-refractivity contribution in [1.82, 2.24) is 15.6 Å². The fourth-order valence-electron chi connectivity index (χ4n) is 3.84. The summed E-state index contributed by atoms with van der Waals surface area (Å²) in [4.78, 5) is 28.9. The molecule has 2 aromatic carbocycles. The van der Waals surface area contributed by atoms with Gasteiger partial charge in [0, 0.05) is 28.2 Å². The molecule has 0 radical (unpaired) electrons. The van der Waals surface area contributed by atoms with E-state index in [-0.39, 0.29) is 17.5 Å². The fourth-order valence-corrected chi connectivity index (χ4v) is 4.01. The molecule has 0 spiro atoms. The van der Waals surface area contributed by atoms with Gasteiger partial charge in [0.1, 0.15) is 0 Å². The Balaban J connectivity index is 1.70. The molecule has 5 nitrogen and oxygen atoms in total. The summed E-state index contributed by atoms with van der Waals surface area (Å²) in [5, 5.41) is 7.13. The van der Waals surface area contributed by atoms with Crippen LogP contribution in [0.25, 0.3) is 10.9 Å². The van der Waals surface area contributed by atoms with E-state index < -0.39 is 6.04 Å². The standard InChI is InChI=1S/C22H22ClN3O2/c23-15-10-11-17-19(12-15)24-13-18(21(17)27)20(14-6-2-1-3-7-14)26-22(28)25-16-8-4-5-9-16/h1-3,6-7,10-13,16,20H,4-5,8-9H2,(H,24,27)(H2,25,26,28). The first-order chi connectivity index (χ1) is 13.6. The van der Waals surface area contributed by atoms with E-state index in [0.29, 0.717) is 21.5 Å². The molecule has 1 fully saturated rings. The molecule has 4 rings (SSSR count). The average Bonchev–Trinajstić information content (AvgIpc) is 3.20. The highest BCUT2D eigenvalue weighted by molar-refractivity contribution is 6.31. The number of H-pyrrole nitrogens is 1. The van der Waals surface area contributed by atoms with Crippen LogP contribution in [0.15, 0.2) is 59.5 Å². The van der Waals surface area contributed by atoms with Crippen LogP contribution >= 0.6 is 11.6 Å². The molecular formula is C22H22ClN3O2. The minimum atomic E-state index is -0.550. The number of hydrogen-bond acceptors (Lipinski definition) is 2. The molecule has 1 atom stereocenters. The summed E-state index contributed by atoms with van der Waals surface area (Å²) in [6.07, 6.45) is 5.94. The summed E-state index contributed by atoms with van der Waals surface area (Å²) in [7, 11) is 0. The molecule has 1 unspecified atom stereocenters. The molecule has 1 saturated carbocycles. The van der Waals surface area contributed by atoms with Gasteiger partial charge in [0.15, 0.2) is 5.43 Å². The quantitative estimate of drug-likeness (QED) is 0.607. The van der Waals surface area contributed by atoms with Crippen molar-refractivity contribution >= 4 is 28.5 Å². The summed E-state index contributed by atoms with van der Waals surface area (Å²) in [5.74, 6) is 0. The van der Waals surface area contributed by atoms with Crippen molar-refractivity contribution in [1.29, 1.82) is 0 Å². The summed E-state index contributed by atoms with van der Waals surface area (Å²) in [6.45, 7) is 0. The number of aromatic nitrogens is 1. The molecular weight excluding hydrogens is 374 g/mol. The second kappa shape index (κ2) is 8.07. The minimum Gasteiger partial charge on any atom is -0.361 e. The van der Waals surface area contributed by atoms with Crippen molar-refractivity contribution in [3.8, 4) is 0 Å². The Morgan fingerprint density at radius 2 is 1.86 bits per heavy atom. The van der Waals surface area contributed by atoms with Crippen molar-refractivity contribution in [2.24, 2.45) is 0 Å². The van der Waals surface area contributed by atoms with E-state index in [1.807, 2.05) is 30.3 Å². The van der Waals surface area contributed by atoms with Gasteiger partial charge in [-0.2, -0.15) is 0 Å². The Morgan fingerprint density at radius 1 is 1.11 bits per heavy atom. The van der Waals surface area contributed by atoms with E-state index in [1.165, 1.54) is 0 Å². The monoisotopic (exact) mass is 395 g/mol. The average molecular weight is 396 g/mol. The van der Waals surface area contributed by atoms with Crippen molar-refractivity contribution in [3.05, 3.63) is 81.1 Å². The Hall–Kier alpha value is -2.79. The van der Waals surface area contributed by atoms with E-state index >= 15 is 0 Å². The van der Waals surface area contributed by atoms with Crippen LogP contribution in [0.2, 0.25) is 5.02 Å². The lowest BCUT2D eigenvalue weighted by Crippen LogP contribution is -2.43. The maximum atomic E-state index is 13.1. The van der Waals surface area contributed by atoms with Crippen LogP contribution in [0.3, 0.4) is 0 Å². The number of hydrogen-bond donors (Lipinski definition) is 3. The second-order valence-corrected chi connectivity index (χ2v) is 7.64. The maximum absolute atomic E-state index is 13.1. The van der Waals surface area contributed by atoms with Crippen molar-refractivity contribution in [2.75, 3.05) is 0 Å². The molecule has 3 aromatic rings. The lowest BCUT2D eigenvalue weighted by molar-refractivity contribution is 0.235. The fraction of sp³-hybridized carbons (Fsp3) is 0.273. The van der Waals surface area contributed by atoms with Gasteiger partial charge >= 0.3 is 6.03 Å². The zero-order valence-electron chi connectivity index (χ0n) is 15.4. The van der Waals surface area contributed by atoms with E-state index in [4.69, 9.17) is 11.6 Å². The molecule has 6 heteroatoms. The Kier molecular flexibility index (Phi) is 5.35. The zero-order valence-corrected chi connectivity index (χ0v) is 16.1. The molecule has 1 aromatic heterocycles. The summed E-state index contributed by atoms with van der Waals surface area (Å²) in [5.41, 5.74) is 1.88. The van der Waals surface area contributed by atoms with Gasteiger partial charge in [-0.25, -0.2) is 4.79 Å². The van der Waals surface area contributed by atoms with Gasteiger partial charge in [0.2, 0.25) is 0 Å². The molecule has 28 heavy (non-hydrogen) atoms. The van der Waals surface area contributed by atoms with Crippen LogP contribution in [0.4, 0.5) is 4.79 Å². The van der Waals surface area contributed by atoms with Crippen molar-refractivity contribution < 1.29 is 4.79 Å². The first-order valence-corrected chi connectivity index (χ1v) is 9.92. The largest absolute Gasteiger partial charge is 0.361 e. The number of urea groups is 1. The number of carbonyl (C=O) groups excluding carboxylic acids is 1. The predicted molar refractivity (Wildman–Crippen MR) is 112 cm³/mol.